The lowest BCUT2D eigenvalue weighted by Gasteiger charge is -1.47. The smallest absolute Gasteiger partial charge is 0.0795 e. The highest BCUT2D eigenvalue weighted by atomic mass is 32.1. The van der Waals surface area contributed by atoms with Gasteiger partial charge >= 0.3 is 0 Å². The van der Waals surface area contributed by atoms with Crippen molar-refractivity contribution in [3.8, 4) is 0 Å². The molecule has 0 spiro atoms. The van der Waals surface area contributed by atoms with E-state index >= 15 is 0 Å². The third-order valence-electron chi connectivity index (χ3n) is 0. The molecule has 7 heavy (non-hydrogen) atoms. The molecular formula is C2H11BO3S. The predicted octanol–water partition coefficient (Wildman–Crippen LogP) is -0.129. The highest BCUT2D eigenvalue weighted by Gasteiger charge is 1.37. The van der Waals surface area contributed by atoms with Crippen LogP contribution in [0.4, 0.5) is 0 Å². The van der Waals surface area contributed by atoms with Gasteiger partial charge in [0.2, 0.25) is 0 Å². The largest absolute Gasteiger partial charge is 0.412 e. The van der Waals surface area contributed by atoms with Crippen molar-refractivity contribution in [2.24, 2.45) is 0 Å². The van der Waals surface area contributed by atoms with Crippen molar-refractivity contribution in [1.82, 2.24) is 0 Å². The minimum Gasteiger partial charge on any atom is -0.412 e. The van der Waals surface area contributed by atoms with Crippen molar-refractivity contribution in [1.29, 1.82) is 0 Å². The first-order valence-electron chi connectivity index (χ1n) is 1.37. The number of thiol groups is 1. The Morgan fingerprint density at radius 1 is 1.71 bits per heavy atom. The molecule has 0 aliphatic carbocycles. The van der Waals surface area contributed by atoms with Gasteiger partial charge in [0.1, 0.15) is 0 Å². The molecule has 0 aromatic carbocycles. The molecule has 0 saturated heterocycles. The molecule has 0 heterocycles. The van der Waals surface area contributed by atoms with Gasteiger partial charge in [-0.25, -0.2) is 0 Å². The zero-order valence-corrected chi connectivity index (χ0v) is 3.89. The van der Waals surface area contributed by atoms with E-state index in [9.17, 15) is 0 Å². The molecule has 0 aromatic heterocycles. The van der Waals surface area contributed by atoms with Crippen LogP contribution in [0.3, 0.4) is 0 Å². The molecular weight excluding hydrogens is 115 g/mol. The molecule has 5 heteroatoms. The summed E-state index contributed by atoms with van der Waals surface area (Å²) in [6.45, 7) is 0. The summed E-state index contributed by atoms with van der Waals surface area (Å²) in [5, 5.41) is 12.0. The average Bonchev–Trinajstić information content (AvgIpc) is 1.41. The van der Waals surface area contributed by atoms with Crippen LogP contribution < -0.4 is 0 Å². The molecule has 0 amide bonds. The van der Waals surface area contributed by atoms with E-state index in [1.165, 1.54) is 0 Å². The van der Waals surface area contributed by atoms with Crippen LogP contribution in [0.2, 0.25) is 0 Å². The molecule has 0 bridgehead atoms. The second kappa shape index (κ2) is 105. The zero-order valence-electron chi connectivity index (χ0n) is 4.00. The number of hydrogen-bond acceptors (Lipinski definition) is 3. The molecule has 1 unspecified atom stereocenters. The Morgan fingerprint density at radius 3 is 1.71 bits per heavy atom. The highest BCUT2D eigenvalue weighted by molar-refractivity contribution is 7.81. The van der Waals surface area contributed by atoms with Crippen molar-refractivity contribution in [2.75, 3.05) is 5.63 Å². The van der Waals surface area contributed by atoms with Crippen molar-refractivity contribution < 1.29 is 17.4 Å². The predicted molar refractivity (Wildman–Crippen MR) is 35.2 cm³/mol. The van der Waals surface area contributed by atoms with E-state index in [0.29, 0.717) is 0 Å². The van der Waals surface area contributed by atoms with Crippen LogP contribution in [-0.4, -0.2) is 29.5 Å². The summed E-state index contributed by atoms with van der Waals surface area (Å²) in [4.78, 5) is 0. The second-order valence-corrected chi connectivity index (χ2v) is 0.447. The lowest BCUT2D eigenvalue weighted by atomic mass is 10.2. The van der Waals surface area contributed by atoms with E-state index in [1.807, 2.05) is 0 Å². The van der Waals surface area contributed by atoms with Gasteiger partial charge in [-0.3, -0.25) is 10.5 Å². The maximum atomic E-state index is 6.23. The SMILES string of the molecule is C.O.OO.[2H]C([B])S. The zero-order chi connectivity index (χ0) is 5.58. The van der Waals surface area contributed by atoms with Crippen LogP contribution in [0, 0.1) is 0 Å². The Morgan fingerprint density at radius 2 is 1.71 bits per heavy atom. The fraction of sp³-hybridized carbons (Fsp3) is 1.00. The fourth-order valence-electron chi connectivity index (χ4n) is 0. The summed E-state index contributed by atoms with van der Waals surface area (Å²) < 4.78 is 6.23. The standard InChI is InChI=1S/CH3BS.CH4.H2O2.H2O/c2-1-3;;1-2;/h3H,1H2;1H4;1-2H;1H2/i1D;;;. The molecule has 2 radical (unpaired) electrons. The van der Waals surface area contributed by atoms with E-state index in [1.54, 1.807) is 0 Å². The summed E-state index contributed by atoms with van der Waals surface area (Å²) in [5.74, 6) is 0. The van der Waals surface area contributed by atoms with Gasteiger partial charge in [0, 0.05) is 1.37 Å². The molecule has 0 aliphatic rings. The Kier molecular flexibility index (Phi) is 236. The van der Waals surface area contributed by atoms with Crippen molar-refractivity contribution in [2.45, 2.75) is 7.43 Å². The normalized spacial score (nSPS) is 9.86. The van der Waals surface area contributed by atoms with Crippen LogP contribution >= 0.6 is 12.6 Å². The third-order valence-corrected chi connectivity index (χ3v) is 0. The Hall–Kier alpha value is 0.295. The van der Waals surface area contributed by atoms with E-state index in [4.69, 9.17) is 11.9 Å². The first kappa shape index (κ1) is 15.7. The van der Waals surface area contributed by atoms with Gasteiger partial charge in [0.15, 0.2) is 0 Å². The molecule has 3 nitrogen and oxygen atoms in total. The lowest BCUT2D eigenvalue weighted by Crippen LogP contribution is -1.53. The van der Waals surface area contributed by atoms with Crippen molar-refractivity contribution in [3.63, 3.8) is 0 Å². The van der Waals surface area contributed by atoms with E-state index in [2.05, 4.69) is 20.5 Å². The molecule has 0 aromatic rings. The second-order valence-electron chi connectivity index (χ2n) is 0.149. The molecule has 0 fully saturated rings. The van der Waals surface area contributed by atoms with E-state index < -0.39 is 5.63 Å². The molecule has 0 saturated carbocycles. The Balaban J connectivity index is -0.0000000183. The maximum Gasteiger partial charge on any atom is 0.0795 e. The quantitative estimate of drug-likeness (QED) is 0.183. The first-order valence-corrected chi connectivity index (χ1v) is 1.31. The maximum absolute atomic E-state index is 6.23. The summed E-state index contributed by atoms with van der Waals surface area (Å²) >= 11 is 3.41. The monoisotopic (exact) mass is 127 g/mol. The Bertz CT molecular complexity index is 22.0. The van der Waals surface area contributed by atoms with E-state index in [-0.39, 0.29) is 12.9 Å². The summed E-state index contributed by atoms with van der Waals surface area (Å²) in [6, 6.07) is 0. The van der Waals surface area contributed by atoms with Crippen LogP contribution in [-0.2, 0) is 0 Å². The lowest BCUT2D eigenvalue weighted by molar-refractivity contribution is -0.176. The van der Waals surface area contributed by atoms with Gasteiger partial charge in [-0.05, 0) is 5.63 Å². The van der Waals surface area contributed by atoms with Gasteiger partial charge in [-0.1, -0.05) is 7.43 Å². The van der Waals surface area contributed by atoms with Gasteiger partial charge in [-0.15, -0.1) is 0 Å². The molecule has 1 atom stereocenters. The third kappa shape index (κ3) is 1330. The summed E-state index contributed by atoms with van der Waals surface area (Å²) in [6.07, 6.45) is 0. The Labute approximate surface area is 51.8 Å². The van der Waals surface area contributed by atoms with Crippen LogP contribution in [0.25, 0.3) is 0 Å². The van der Waals surface area contributed by atoms with Crippen molar-refractivity contribution >= 4 is 20.5 Å². The van der Waals surface area contributed by atoms with E-state index in [0.717, 1.165) is 0 Å². The summed E-state index contributed by atoms with van der Waals surface area (Å²) in [7, 11) is 4.64. The minimum atomic E-state index is -0.722. The first-order chi connectivity index (χ1) is 2.73. The van der Waals surface area contributed by atoms with Crippen molar-refractivity contribution in [3.05, 3.63) is 0 Å². The number of hydrogen-bond donors (Lipinski definition) is 3. The number of rotatable bonds is 0. The van der Waals surface area contributed by atoms with Gasteiger partial charge < -0.3 is 5.48 Å². The minimum absolute atomic E-state index is 0. The average molecular weight is 127 g/mol. The fourth-order valence-corrected chi connectivity index (χ4v) is 0. The molecule has 0 rings (SSSR count). The molecule has 0 aliphatic heterocycles. The van der Waals surface area contributed by atoms with Crippen LogP contribution in [0.1, 0.15) is 8.80 Å². The topological polar surface area (TPSA) is 72.0 Å². The molecule has 4 N–H and O–H groups in total. The van der Waals surface area contributed by atoms with Crippen LogP contribution in [0.15, 0.2) is 0 Å². The van der Waals surface area contributed by atoms with Crippen LogP contribution in [0.5, 0.6) is 0 Å². The van der Waals surface area contributed by atoms with Gasteiger partial charge in [-0.2, -0.15) is 12.6 Å². The highest BCUT2D eigenvalue weighted by Crippen LogP contribution is 1.50. The summed E-state index contributed by atoms with van der Waals surface area (Å²) in [5.41, 5.74) is -0.722. The van der Waals surface area contributed by atoms with Gasteiger partial charge in [0.05, 0.1) is 7.85 Å². The molecule has 46 valence electrons. The van der Waals surface area contributed by atoms with Gasteiger partial charge in [0.25, 0.3) is 0 Å².